The summed E-state index contributed by atoms with van der Waals surface area (Å²) in [6, 6.07) is 6.83. The maximum absolute atomic E-state index is 11.8. The highest BCUT2D eigenvalue weighted by Gasteiger charge is 2.22. The molecule has 1 saturated heterocycles. The van der Waals surface area contributed by atoms with E-state index in [1.165, 1.54) is 18.6 Å². The number of aryl methyl sites for hydroxylation is 1. The fourth-order valence-corrected chi connectivity index (χ4v) is 4.58. The number of aliphatic imine (C=N–C) groups is 1. The van der Waals surface area contributed by atoms with Crippen LogP contribution in [0.1, 0.15) is 18.3 Å². The summed E-state index contributed by atoms with van der Waals surface area (Å²) in [6.07, 6.45) is 0.856. The van der Waals surface area contributed by atoms with Crippen LogP contribution >= 0.6 is 35.5 Å². The van der Waals surface area contributed by atoms with E-state index in [0.717, 1.165) is 55.1 Å². The van der Waals surface area contributed by atoms with Crippen molar-refractivity contribution in [1.82, 2.24) is 24.3 Å². The number of piperazine rings is 1. The smallest absolute Gasteiger partial charge is 0.240 e. The maximum atomic E-state index is 11.8. The van der Waals surface area contributed by atoms with Crippen LogP contribution in [-0.4, -0.2) is 68.9 Å². The molecule has 1 fully saturated rings. The molecule has 0 bridgehead atoms. The van der Waals surface area contributed by atoms with Crippen molar-refractivity contribution >= 4 is 56.6 Å². The first-order chi connectivity index (χ1) is 14.0. The number of guanidine groups is 1. The lowest BCUT2D eigenvalue weighted by Crippen LogP contribution is -2.52. The number of hydrogen-bond donors (Lipinski definition) is 2. The van der Waals surface area contributed by atoms with Crippen molar-refractivity contribution < 1.29 is 8.42 Å². The SMILES string of the molecule is CCc1nsc(N2CCN(C(=NC)NCc3ccc(S(=O)(=O)NC)cc3)CC2)n1.I. The van der Waals surface area contributed by atoms with E-state index in [2.05, 4.69) is 41.1 Å². The van der Waals surface area contributed by atoms with Gasteiger partial charge in [-0.15, -0.1) is 24.0 Å². The van der Waals surface area contributed by atoms with Crippen molar-refractivity contribution in [3.05, 3.63) is 35.7 Å². The zero-order valence-corrected chi connectivity index (χ0v) is 21.3. The Kier molecular flexibility index (Phi) is 9.25. The molecule has 0 amide bonds. The zero-order chi connectivity index (χ0) is 20.9. The number of nitrogens with zero attached hydrogens (tertiary/aromatic N) is 5. The molecule has 0 radical (unpaired) electrons. The van der Waals surface area contributed by atoms with Gasteiger partial charge in [-0.25, -0.2) is 18.1 Å². The molecule has 1 aliphatic rings. The second-order valence-electron chi connectivity index (χ2n) is 6.57. The van der Waals surface area contributed by atoms with E-state index in [1.807, 2.05) is 12.1 Å². The molecule has 12 heteroatoms. The minimum atomic E-state index is -3.41. The molecule has 2 N–H and O–H groups in total. The minimum absolute atomic E-state index is 0. The van der Waals surface area contributed by atoms with E-state index in [4.69, 9.17) is 0 Å². The lowest BCUT2D eigenvalue weighted by molar-refractivity contribution is 0.372. The Morgan fingerprint density at radius 2 is 1.87 bits per heavy atom. The summed E-state index contributed by atoms with van der Waals surface area (Å²) in [4.78, 5) is 13.7. The van der Waals surface area contributed by atoms with Crippen molar-refractivity contribution in [2.24, 2.45) is 4.99 Å². The van der Waals surface area contributed by atoms with Crippen LogP contribution in [0.2, 0.25) is 0 Å². The predicted octanol–water partition coefficient (Wildman–Crippen LogP) is 1.52. The number of halogens is 1. The summed E-state index contributed by atoms with van der Waals surface area (Å²) >= 11 is 1.46. The van der Waals surface area contributed by atoms with Crippen LogP contribution in [0.25, 0.3) is 0 Å². The molecule has 9 nitrogen and oxygen atoms in total. The average molecular weight is 566 g/mol. The number of sulfonamides is 1. The van der Waals surface area contributed by atoms with Crippen molar-refractivity contribution in [1.29, 1.82) is 0 Å². The molecule has 2 heterocycles. The third-order valence-corrected chi connectivity index (χ3v) is 7.03. The van der Waals surface area contributed by atoms with E-state index in [9.17, 15) is 8.42 Å². The number of anilines is 1. The first-order valence-corrected chi connectivity index (χ1v) is 11.8. The first kappa shape index (κ1) is 24.8. The molecule has 0 unspecified atom stereocenters. The van der Waals surface area contributed by atoms with Gasteiger partial charge in [0.05, 0.1) is 4.90 Å². The standard InChI is InChI=1S/C18H27N7O2S2.HI/c1-4-16-22-18(28-23-16)25-11-9-24(10-12-25)17(19-2)21-13-14-5-7-15(8-6-14)29(26,27)20-3;/h5-8,20H,4,9-13H2,1-3H3,(H,19,21);1H. The van der Waals surface area contributed by atoms with Crippen molar-refractivity contribution in [2.45, 2.75) is 24.8 Å². The Hall–Kier alpha value is -1.51. The van der Waals surface area contributed by atoms with E-state index < -0.39 is 10.0 Å². The van der Waals surface area contributed by atoms with Gasteiger partial charge in [-0.3, -0.25) is 4.99 Å². The van der Waals surface area contributed by atoms with Gasteiger partial charge in [0.15, 0.2) is 5.96 Å². The molecule has 1 aromatic carbocycles. The Labute approximate surface area is 199 Å². The van der Waals surface area contributed by atoms with Crippen molar-refractivity contribution in [2.75, 3.05) is 45.2 Å². The quantitative estimate of drug-likeness (QED) is 0.311. The molecule has 1 aliphatic heterocycles. The highest BCUT2D eigenvalue weighted by Crippen LogP contribution is 2.19. The second-order valence-corrected chi connectivity index (χ2v) is 9.19. The second kappa shape index (κ2) is 11.2. The van der Waals surface area contributed by atoms with Gasteiger partial charge >= 0.3 is 0 Å². The van der Waals surface area contributed by atoms with Gasteiger partial charge in [0.2, 0.25) is 15.2 Å². The summed E-state index contributed by atoms with van der Waals surface area (Å²) in [5, 5.41) is 4.35. The highest BCUT2D eigenvalue weighted by atomic mass is 127. The van der Waals surface area contributed by atoms with E-state index in [0.29, 0.717) is 6.54 Å². The number of aromatic nitrogens is 2. The van der Waals surface area contributed by atoms with Gasteiger partial charge in [-0.05, 0) is 24.7 Å². The first-order valence-electron chi connectivity index (χ1n) is 9.52. The topological polar surface area (TPSA) is 103 Å². The summed E-state index contributed by atoms with van der Waals surface area (Å²) in [6.45, 7) is 6.07. The highest BCUT2D eigenvalue weighted by molar-refractivity contribution is 14.0. The van der Waals surface area contributed by atoms with Gasteiger partial charge in [0.1, 0.15) is 5.82 Å². The molecule has 3 rings (SSSR count). The van der Waals surface area contributed by atoms with Gasteiger partial charge in [0, 0.05) is 57.7 Å². The van der Waals surface area contributed by atoms with Crippen LogP contribution in [0.15, 0.2) is 34.2 Å². The summed E-state index contributed by atoms with van der Waals surface area (Å²) in [5.41, 5.74) is 0.987. The Bertz CT molecular complexity index is 940. The molecule has 0 spiro atoms. The fourth-order valence-electron chi connectivity index (χ4n) is 3.04. The van der Waals surface area contributed by atoms with E-state index in [-0.39, 0.29) is 28.9 Å². The van der Waals surface area contributed by atoms with Crippen LogP contribution < -0.4 is 14.9 Å². The van der Waals surface area contributed by atoms with Crippen LogP contribution in [0.5, 0.6) is 0 Å². The Morgan fingerprint density at radius 3 is 2.40 bits per heavy atom. The molecule has 1 aromatic heterocycles. The fraction of sp³-hybridized carbons (Fsp3) is 0.500. The van der Waals surface area contributed by atoms with Crippen molar-refractivity contribution in [3.63, 3.8) is 0 Å². The molecule has 2 aromatic rings. The lowest BCUT2D eigenvalue weighted by Gasteiger charge is -2.36. The van der Waals surface area contributed by atoms with Gasteiger partial charge in [0.25, 0.3) is 0 Å². The van der Waals surface area contributed by atoms with Gasteiger partial charge in [-0.1, -0.05) is 19.1 Å². The Morgan fingerprint density at radius 1 is 1.20 bits per heavy atom. The average Bonchev–Trinajstić information content (AvgIpc) is 3.24. The monoisotopic (exact) mass is 565 g/mol. The summed E-state index contributed by atoms with van der Waals surface area (Å²) < 4.78 is 30.3. The van der Waals surface area contributed by atoms with Crippen LogP contribution in [0.3, 0.4) is 0 Å². The number of rotatable bonds is 6. The summed E-state index contributed by atoms with van der Waals surface area (Å²) in [7, 11) is -0.234. The predicted molar refractivity (Wildman–Crippen MR) is 131 cm³/mol. The number of benzene rings is 1. The number of hydrogen-bond acceptors (Lipinski definition) is 7. The van der Waals surface area contributed by atoms with Crippen LogP contribution in [-0.2, 0) is 23.0 Å². The van der Waals surface area contributed by atoms with Crippen LogP contribution in [0.4, 0.5) is 5.13 Å². The molecule has 0 aliphatic carbocycles. The molecule has 0 atom stereocenters. The third-order valence-electron chi connectivity index (χ3n) is 4.79. The zero-order valence-electron chi connectivity index (χ0n) is 17.3. The molecular weight excluding hydrogens is 537 g/mol. The molecular formula is C18H28IN7O2S2. The largest absolute Gasteiger partial charge is 0.352 e. The van der Waals surface area contributed by atoms with Gasteiger partial charge in [-0.2, -0.15) is 4.37 Å². The van der Waals surface area contributed by atoms with Crippen LogP contribution in [0, 0.1) is 0 Å². The minimum Gasteiger partial charge on any atom is -0.352 e. The van der Waals surface area contributed by atoms with Gasteiger partial charge < -0.3 is 15.1 Å². The lowest BCUT2D eigenvalue weighted by atomic mass is 10.2. The third kappa shape index (κ3) is 6.02. The molecule has 0 saturated carbocycles. The van der Waals surface area contributed by atoms with E-state index >= 15 is 0 Å². The summed E-state index contributed by atoms with van der Waals surface area (Å²) in [5.74, 6) is 1.74. The molecule has 166 valence electrons. The van der Waals surface area contributed by atoms with E-state index in [1.54, 1.807) is 19.2 Å². The maximum Gasteiger partial charge on any atom is 0.240 e. The normalized spacial score (nSPS) is 15.1. The van der Waals surface area contributed by atoms with Crippen molar-refractivity contribution in [3.8, 4) is 0 Å². The Balaban J connectivity index is 0.00000320. The molecule has 30 heavy (non-hydrogen) atoms. The number of nitrogens with one attached hydrogen (secondary N) is 2.